The fraction of sp³-hybridized carbons (Fsp3) is 0.273. The van der Waals surface area contributed by atoms with Gasteiger partial charge in [0.05, 0.1) is 12.7 Å². The molecule has 0 aliphatic carbocycles. The highest BCUT2D eigenvalue weighted by atomic mass is 19.4. The minimum atomic E-state index is -4.58. The van der Waals surface area contributed by atoms with E-state index in [1.165, 1.54) is 24.2 Å². The van der Waals surface area contributed by atoms with E-state index < -0.39 is 30.5 Å². The van der Waals surface area contributed by atoms with Gasteiger partial charge in [-0.15, -0.1) is 0 Å². The number of halogens is 3. The summed E-state index contributed by atoms with van der Waals surface area (Å²) < 4.78 is 38.7. The van der Waals surface area contributed by atoms with Gasteiger partial charge in [0.15, 0.2) is 0 Å². The maximum atomic E-state index is 12.9. The molecule has 0 saturated heterocycles. The number of hydrogen-bond donors (Lipinski definition) is 3. The number of carbonyl (C=O) groups is 1. The SMILES string of the molecule is Cc1cc(Nc2nccc(C(F)(F)F)n2)cc(-c2ccc(C(=O)N(C)CC(O)CO)nc2)c1. The van der Waals surface area contributed by atoms with Crippen LogP contribution in [0.4, 0.5) is 24.8 Å². The van der Waals surface area contributed by atoms with E-state index in [1.54, 1.807) is 18.2 Å². The van der Waals surface area contributed by atoms with Gasteiger partial charge in [0.1, 0.15) is 11.4 Å². The molecular weight excluding hydrogens is 439 g/mol. The zero-order valence-electron chi connectivity index (χ0n) is 17.8. The van der Waals surface area contributed by atoms with Crippen molar-refractivity contribution in [3.8, 4) is 11.1 Å². The van der Waals surface area contributed by atoms with E-state index in [0.717, 1.165) is 23.4 Å². The average Bonchev–Trinajstić information content (AvgIpc) is 2.77. The van der Waals surface area contributed by atoms with Crippen LogP contribution in [0.3, 0.4) is 0 Å². The van der Waals surface area contributed by atoms with Crippen LogP contribution in [0.15, 0.2) is 48.8 Å². The molecule has 0 aliphatic heterocycles. The van der Waals surface area contributed by atoms with E-state index in [4.69, 9.17) is 5.11 Å². The number of carbonyl (C=O) groups excluding carboxylic acids is 1. The molecule has 0 aliphatic rings. The number of benzene rings is 1. The number of anilines is 2. The number of likely N-dealkylation sites (N-methyl/N-ethyl adjacent to an activating group) is 1. The van der Waals surface area contributed by atoms with Crippen LogP contribution in [0.5, 0.6) is 0 Å². The van der Waals surface area contributed by atoms with Crippen LogP contribution in [0, 0.1) is 6.92 Å². The highest BCUT2D eigenvalue weighted by molar-refractivity contribution is 5.92. The fourth-order valence-electron chi connectivity index (χ4n) is 3.07. The summed E-state index contributed by atoms with van der Waals surface area (Å²) in [7, 11) is 1.49. The first-order chi connectivity index (χ1) is 15.6. The molecule has 174 valence electrons. The Hall–Kier alpha value is -3.57. The Kier molecular flexibility index (Phi) is 7.24. The molecule has 33 heavy (non-hydrogen) atoms. The Morgan fingerprint density at radius 3 is 2.55 bits per heavy atom. The predicted octanol–water partition coefficient (Wildman–Crippen LogP) is 3.03. The van der Waals surface area contributed by atoms with E-state index in [1.807, 2.05) is 13.0 Å². The van der Waals surface area contributed by atoms with Gasteiger partial charge in [-0.1, -0.05) is 12.1 Å². The molecule has 1 atom stereocenters. The number of aliphatic hydroxyl groups excluding tert-OH is 2. The van der Waals surface area contributed by atoms with Gasteiger partial charge in [-0.3, -0.25) is 9.78 Å². The van der Waals surface area contributed by atoms with E-state index in [0.29, 0.717) is 11.3 Å². The molecule has 3 aromatic rings. The second-order valence-corrected chi connectivity index (χ2v) is 7.43. The van der Waals surface area contributed by atoms with Gasteiger partial charge in [-0.05, 0) is 42.3 Å². The van der Waals surface area contributed by atoms with E-state index >= 15 is 0 Å². The fourth-order valence-corrected chi connectivity index (χ4v) is 3.07. The summed E-state index contributed by atoms with van der Waals surface area (Å²) in [6.07, 6.45) is -3.09. The number of hydrogen-bond acceptors (Lipinski definition) is 7. The Morgan fingerprint density at radius 1 is 1.15 bits per heavy atom. The van der Waals surface area contributed by atoms with Crippen molar-refractivity contribution < 1.29 is 28.2 Å². The maximum absolute atomic E-state index is 12.9. The quantitative estimate of drug-likeness (QED) is 0.496. The highest BCUT2D eigenvalue weighted by Gasteiger charge is 2.32. The number of alkyl halides is 3. The van der Waals surface area contributed by atoms with Crippen LogP contribution in [-0.2, 0) is 6.18 Å². The number of nitrogens with one attached hydrogen (secondary N) is 1. The lowest BCUT2D eigenvalue weighted by atomic mass is 10.0. The molecule has 3 N–H and O–H groups in total. The lowest BCUT2D eigenvalue weighted by Crippen LogP contribution is -2.36. The molecule has 0 fully saturated rings. The largest absolute Gasteiger partial charge is 0.433 e. The Balaban J connectivity index is 1.80. The van der Waals surface area contributed by atoms with Gasteiger partial charge in [0, 0.05) is 37.2 Å². The molecule has 2 aromatic heterocycles. The average molecular weight is 461 g/mol. The van der Waals surface area contributed by atoms with Crippen molar-refractivity contribution in [3.05, 3.63) is 65.7 Å². The molecular formula is C22H22F3N5O3. The first-order valence-corrected chi connectivity index (χ1v) is 9.86. The molecule has 0 saturated carbocycles. The third-order valence-corrected chi connectivity index (χ3v) is 4.64. The minimum Gasteiger partial charge on any atom is -0.394 e. The number of rotatable bonds is 7. The number of nitrogens with zero attached hydrogens (tertiary/aromatic N) is 4. The molecule has 1 aromatic carbocycles. The van der Waals surface area contributed by atoms with Crippen molar-refractivity contribution in [2.75, 3.05) is 25.5 Å². The third kappa shape index (κ3) is 6.24. The van der Waals surface area contributed by atoms with Crippen LogP contribution < -0.4 is 5.32 Å². The first kappa shape index (κ1) is 24.1. The standard InChI is InChI=1S/C22H22F3N5O3/c1-13-7-15(9-16(8-13)28-21-26-6-5-19(29-21)22(23,24)25)14-3-4-18(27-10-14)20(33)30(2)11-17(32)12-31/h3-10,17,31-32H,11-12H2,1-2H3,(H,26,28,29). The Bertz CT molecular complexity index is 1120. The number of aliphatic hydroxyl groups is 2. The number of aryl methyl sites for hydroxylation is 1. The lowest BCUT2D eigenvalue weighted by molar-refractivity contribution is -0.141. The summed E-state index contributed by atoms with van der Waals surface area (Å²) in [5.74, 6) is -0.601. The zero-order chi connectivity index (χ0) is 24.2. The summed E-state index contributed by atoms with van der Waals surface area (Å²) in [4.78, 5) is 25.2. The summed E-state index contributed by atoms with van der Waals surface area (Å²) in [6, 6.07) is 9.32. The first-order valence-electron chi connectivity index (χ1n) is 9.86. The highest BCUT2D eigenvalue weighted by Crippen LogP contribution is 2.29. The summed E-state index contributed by atoms with van der Waals surface area (Å²) in [5.41, 5.74) is 1.84. The van der Waals surface area contributed by atoms with E-state index in [2.05, 4.69) is 20.3 Å². The van der Waals surface area contributed by atoms with Crippen LogP contribution >= 0.6 is 0 Å². The minimum absolute atomic E-state index is 0.0384. The summed E-state index contributed by atoms with van der Waals surface area (Å²) in [5, 5.41) is 21.2. The van der Waals surface area contributed by atoms with Gasteiger partial charge in [0.25, 0.3) is 5.91 Å². The van der Waals surface area contributed by atoms with Crippen LogP contribution in [0.1, 0.15) is 21.7 Å². The topological polar surface area (TPSA) is 111 Å². The van der Waals surface area contributed by atoms with Crippen LogP contribution in [0.25, 0.3) is 11.1 Å². The number of pyridine rings is 1. The van der Waals surface area contributed by atoms with Crippen LogP contribution in [0.2, 0.25) is 0 Å². The van der Waals surface area contributed by atoms with Crippen molar-refractivity contribution in [3.63, 3.8) is 0 Å². The normalized spacial score (nSPS) is 12.3. The Labute approximate surface area is 187 Å². The van der Waals surface area contributed by atoms with Gasteiger partial charge in [-0.25, -0.2) is 9.97 Å². The van der Waals surface area contributed by atoms with Crippen molar-refractivity contribution in [2.45, 2.75) is 19.2 Å². The predicted molar refractivity (Wildman–Crippen MR) is 115 cm³/mol. The molecule has 0 bridgehead atoms. The molecule has 0 radical (unpaired) electrons. The number of aromatic nitrogens is 3. The van der Waals surface area contributed by atoms with E-state index in [-0.39, 0.29) is 18.2 Å². The van der Waals surface area contributed by atoms with Crippen molar-refractivity contribution in [1.29, 1.82) is 0 Å². The van der Waals surface area contributed by atoms with Crippen LogP contribution in [-0.4, -0.2) is 62.3 Å². The van der Waals surface area contributed by atoms with Gasteiger partial charge in [0.2, 0.25) is 5.95 Å². The molecule has 11 heteroatoms. The molecule has 1 amide bonds. The van der Waals surface area contributed by atoms with Gasteiger partial charge >= 0.3 is 6.18 Å². The summed E-state index contributed by atoms with van der Waals surface area (Å²) >= 11 is 0. The van der Waals surface area contributed by atoms with Crippen molar-refractivity contribution in [1.82, 2.24) is 19.9 Å². The van der Waals surface area contributed by atoms with Gasteiger partial charge < -0.3 is 20.4 Å². The summed E-state index contributed by atoms with van der Waals surface area (Å²) in [6.45, 7) is 1.33. The second-order valence-electron chi connectivity index (χ2n) is 7.43. The molecule has 0 spiro atoms. The maximum Gasteiger partial charge on any atom is 0.433 e. The monoisotopic (exact) mass is 461 g/mol. The van der Waals surface area contributed by atoms with Crippen molar-refractivity contribution in [2.24, 2.45) is 0 Å². The Morgan fingerprint density at radius 2 is 1.91 bits per heavy atom. The number of amides is 1. The third-order valence-electron chi connectivity index (χ3n) is 4.64. The molecule has 8 nitrogen and oxygen atoms in total. The smallest absolute Gasteiger partial charge is 0.394 e. The lowest BCUT2D eigenvalue weighted by Gasteiger charge is -2.19. The zero-order valence-corrected chi connectivity index (χ0v) is 17.8. The van der Waals surface area contributed by atoms with Crippen molar-refractivity contribution >= 4 is 17.5 Å². The molecule has 3 rings (SSSR count). The second kappa shape index (κ2) is 9.92. The molecule has 1 unspecified atom stereocenters. The molecule has 2 heterocycles. The van der Waals surface area contributed by atoms with E-state index in [9.17, 15) is 23.1 Å². The van der Waals surface area contributed by atoms with Gasteiger partial charge in [-0.2, -0.15) is 13.2 Å².